The summed E-state index contributed by atoms with van der Waals surface area (Å²) in [6.45, 7) is 4.57. The van der Waals surface area contributed by atoms with Crippen molar-refractivity contribution < 1.29 is 9.53 Å². The van der Waals surface area contributed by atoms with Crippen LogP contribution in [0.5, 0.6) is 5.75 Å². The zero-order chi connectivity index (χ0) is 16.1. The topological polar surface area (TPSA) is 54.5 Å². The number of rotatable bonds is 7. The van der Waals surface area contributed by atoms with Crippen LogP contribution in [0.1, 0.15) is 12.6 Å². The van der Waals surface area contributed by atoms with E-state index in [1.807, 2.05) is 30.3 Å². The van der Waals surface area contributed by atoms with Gasteiger partial charge < -0.3 is 9.64 Å². The first-order chi connectivity index (χ1) is 11.2. The highest BCUT2D eigenvalue weighted by Crippen LogP contribution is 2.30. The Morgan fingerprint density at radius 2 is 2.22 bits per heavy atom. The van der Waals surface area contributed by atoms with E-state index in [0.29, 0.717) is 18.5 Å². The molecule has 122 valence electrons. The van der Waals surface area contributed by atoms with Gasteiger partial charge in [0.25, 0.3) is 0 Å². The average Bonchev–Trinajstić information content (AvgIpc) is 2.96. The van der Waals surface area contributed by atoms with Crippen LogP contribution in [0.2, 0.25) is 0 Å². The average molecular weight is 349 g/mol. The summed E-state index contributed by atoms with van der Waals surface area (Å²) in [6, 6.07) is 9.73. The van der Waals surface area contributed by atoms with Gasteiger partial charge >= 0.3 is 0 Å². The molecule has 0 spiro atoms. The lowest BCUT2D eigenvalue weighted by Crippen LogP contribution is -2.49. The molecular formula is C16H19N3O2S2. The monoisotopic (exact) mass is 349 g/mol. The first kappa shape index (κ1) is 16.3. The molecule has 0 amide bonds. The number of aromatic nitrogens is 1. The molecule has 0 atom stereocenters. The zero-order valence-electron chi connectivity index (χ0n) is 12.9. The second-order valence-electron chi connectivity index (χ2n) is 5.29. The molecule has 1 aliphatic heterocycles. The highest BCUT2D eigenvalue weighted by atomic mass is 32.2. The molecule has 1 aromatic heterocycles. The van der Waals surface area contributed by atoms with Gasteiger partial charge in [-0.15, -0.1) is 11.3 Å². The molecule has 0 bridgehead atoms. The second kappa shape index (κ2) is 7.81. The van der Waals surface area contributed by atoms with Crippen molar-refractivity contribution in [3.63, 3.8) is 0 Å². The minimum atomic E-state index is 0.192. The van der Waals surface area contributed by atoms with Crippen molar-refractivity contribution in [1.29, 1.82) is 0 Å². The molecule has 3 rings (SSSR count). The van der Waals surface area contributed by atoms with Gasteiger partial charge in [-0.25, -0.2) is 4.98 Å². The SMILES string of the molecule is CC(=O)SC1CN(c2nc(CNCOc3ccccc3)cs2)C1. The largest absolute Gasteiger partial charge is 0.478 e. The minimum absolute atomic E-state index is 0.192. The van der Waals surface area contributed by atoms with Crippen molar-refractivity contribution in [3.05, 3.63) is 41.4 Å². The fourth-order valence-electron chi connectivity index (χ4n) is 2.26. The van der Waals surface area contributed by atoms with Crippen molar-refractivity contribution in [2.24, 2.45) is 0 Å². The van der Waals surface area contributed by atoms with E-state index < -0.39 is 0 Å². The highest BCUT2D eigenvalue weighted by molar-refractivity contribution is 8.14. The maximum absolute atomic E-state index is 11.1. The number of thiazole rings is 1. The molecule has 2 aromatic rings. The predicted molar refractivity (Wildman–Crippen MR) is 95.2 cm³/mol. The smallest absolute Gasteiger partial charge is 0.186 e. The van der Waals surface area contributed by atoms with Crippen LogP contribution in [0.4, 0.5) is 5.13 Å². The number of hydrogen-bond acceptors (Lipinski definition) is 7. The van der Waals surface area contributed by atoms with Crippen LogP contribution in [-0.2, 0) is 11.3 Å². The van der Waals surface area contributed by atoms with Crippen molar-refractivity contribution >= 4 is 33.3 Å². The number of nitrogens with one attached hydrogen (secondary N) is 1. The maximum atomic E-state index is 11.1. The van der Waals surface area contributed by atoms with Gasteiger partial charge in [-0.05, 0) is 12.1 Å². The molecule has 1 saturated heterocycles. The summed E-state index contributed by atoms with van der Waals surface area (Å²) in [6.07, 6.45) is 0. The van der Waals surface area contributed by atoms with Crippen LogP contribution in [0, 0.1) is 0 Å². The van der Waals surface area contributed by atoms with E-state index in [0.717, 1.165) is 29.7 Å². The van der Waals surface area contributed by atoms with Crippen LogP contribution in [-0.4, -0.2) is 35.2 Å². The Balaban J connectivity index is 1.38. The third-order valence-electron chi connectivity index (χ3n) is 3.38. The molecule has 0 saturated carbocycles. The number of benzene rings is 1. The fourth-order valence-corrected chi connectivity index (χ4v) is 4.08. The molecule has 0 aliphatic carbocycles. The van der Waals surface area contributed by atoms with Crippen LogP contribution >= 0.6 is 23.1 Å². The number of para-hydroxylation sites is 1. The van der Waals surface area contributed by atoms with Gasteiger partial charge in [-0.1, -0.05) is 30.0 Å². The number of carbonyl (C=O) groups excluding carboxylic acids is 1. The van der Waals surface area contributed by atoms with E-state index >= 15 is 0 Å². The van der Waals surface area contributed by atoms with E-state index in [-0.39, 0.29) is 5.12 Å². The number of nitrogens with zero attached hydrogens (tertiary/aromatic N) is 2. The zero-order valence-corrected chi connectivity index (χ0v) is 14.5. The summed E-state index contributed by atoms with van der Waals surface area (Å²) in [4.78, 5) is 17.9. The second-order valence-corrected chi connectivity index (χ2v) is 7.60. The number of thioether (sulfide) groups is 1. The Labute approximate surface area is 144 Å². The molecular weight excluding hydrogens is 330 g/mol. The highest BCUT2D eigenvalue weighted by Gasteiger charge is 2.30. The number of ether oxygens (including phenoxy) is 1. The third-order valence-corrected chi connectivity index (χ3v) is 5.29. The third kappa shape index (κ3) is 4.70. The lowest BCUT2D eigenvalue weighted by Gasteiger charge is -2.37. The molecule has 23 heavy (non-hydrogen) atoms. The van der Waals surface area contributed by atoms with E-state index in [1.54, 1.807) is 18.3 Å². The predicted octanol–water partition coefficient (Wildman–Crippen LogP) is 2.74. The summed E-state index contributed by atoms with van der Waals surface area (Å²) in [7, 11) is 0. The standard InChI is InChI=1S/C16H19N3O2S2/c1-12(20)23-15-8-19(9-15)16-18-13(10-22-16)7-17-11-21-14-5-3-2-4-6-14/h2-6,10,15,17H,7-9,11H2,1H3. The summed E-state index contributed by atoms with van der Waals surface area (Å²) < 4.78 is 5.58. The van der Waals surface area contributed by atoms with Gasteiger partial charge in [0.05, 0.1) is 5.69 Å². The van der Waals surface area contributed by atoms with E-state index in [9.17, 15) is 4.79 Å². The molecule has 1 aliphatic rings. The van der Waals surface area contributed by atoms with Crippen LogP contribution in [0.25, 0.3) is 0 Å². The van der Waals surface area contributed by atoms with Crippen molar-refractivity contribution in [2.45, 2.75) is 18.7 Å². The molecule has 0 radical (unpaired) electrons. The molecule has 7 heteroatoms. The summed E-state index contributed by atoms with van der Waals surface area (Å²) in [5.41, 5.74) is 1.02. The molecule has 0 unspecified atom stereocenters. The first-order valence-corrected chi connectivity index (χ1v) is 9.22. The quantitative estimate of drug-likeness (QED) is 0.613. The van der Waals surface area contributed by atoms with Crippen LogP contribution in [0.3, 0.4) is 0 Å². The lowest BCUT2D eigenvalue weighted by atomic mass is 10.2. The Bertz CT molecular complexity index is 642. The van der Waals surface area contributed by atoms with Gasteiger partial charge in [0, 0.05) is 37.2 Å². The fraction of sp³-hybridized carbons (Fsp3) is 0.375. The molecule has 1 N–H and O–H groups in total. The van der Waals surface area contributed by atoms with Gasteiger partial charge in [0.2, 0.25) is 0 Å². The van der Waals surface area contributed by atoms with Crippen LogP contribution in [0.15, 0.2) is 35.7 Å². The number of anilines is 1. The summed E-state index contributed by atoms with van der Waals surface area (Å²) >= 11 is 3.08. The van der Waals surface area contributed by atoms with Gasteiger partial charge in [-0.3, -0.25) is 10.1 Å². The van der Waals surface area contributed by atoms with Crippen LogP contribution < -0.4 is 15.0 Å². The Morgan fingerprint density at radius 1 is 1.43 bits per heavy atom. The Morgan fingerprint density at radius 3 is 2.96 bits per heavy atom. The van der Waals surface area contributed by atoms with E-state index in [1.165, 1.54) is 11.8 Å². The van der Waals surface area contributed by atoms with Crippen molar-refractivity contribution in [3.8, 4) is 5.75 Å². The molecule has 1 aromatic carbocycles. The van der Waals surface area contributed by atoms with E-state index in [2.05, 4.69) is 20.6 Å². The molecule has 2 heterocycles. The number of hydrogen-bond donors (Lipinski definition) is 1. The van der Waals surface area contributed by atoms with Gasteiger partial charge in [0.1, 0.15) is 12.5 Å². The van der Waals surface area contributed by atoms with E-state index in [4.69, 9.17) is 4.74 Å². The Kier molecular flexibility index (Phi) is 5.53. The molecule has 5 nitrogen and oxygen atoms in total. The number of carbonyl (C=O) groups is 1. The van der Waals surface area contributed by atoms with Crippen molar-refractivity contribution in [1.82, 2.24) is 10.3 Å². The summed E-state index contributed by atoms with van der Waals surface area (Å²) in [5.74, 6) is 0.855. The maximum Gasteiger partial charge on any atom is 0.186 e. The first-order valence-electron chi connectivity index (χ1n) is 7.46. The summed E-state index contributed by atoms with van der Waals surface area (Å²) in [5, 5.41) is 6.93. The van der Waals surface area contributed by atoms with Gasteiger partial charge in [0.15, 0.2) is 10.2 Å². The Hall–Kier alpha value is -1.57. The van der Waals surface area contributed by atoms with Gasteiger partial charge in [-0.2, -0.15) is 0 Å². The molecule has 1 fully saturated rings. The minimum Gasteiger partial charge on any atom is -0.478 e. The lowest BCUT2D eigenvalue weighted by molar-refractivity contribution is -0.109. The normalized spacial score (nSPS) is 14.6. The van der Waals surface area contributed by atoms with Crippen molar-refractivity contribution in [2.75, 3.05) is 24.7 Å².